The first-order valence-corrected chi connectivity index (χ1v) is 8.97. The van der Waals surface area contributed by atoms with Crippen molar-refractivity contribution in [1.29, 1.82) is 0 Å². The molecule has 2 aromatic heterocycles. The first-order chi connectivity index (χ1) is 11.4. The van der Waals surface area contributed by atoms with Crippen LogP contribution in [0.5, 0.6) is 0 Å². The molecule has 24 heavy (non-hydrogen) atoms. The highest BCUT2D eigenvalue weighted by Gasteiger charge is 2.20. The van der Waals surface area contributed by atoms with Crippen LogP contribution in [-0.4, -0.2) is 22.1 Å². The third kappa shape index (κ3) is 4.13. The van der Waals surface area contributed by atoms with E-state index in [9.17, 15) is 4.79 Å². The molecular formula is C19H27N3O2. The van der Waals surface area contributed by atoms with Gasteiger partial charge in [-0.15, -0.1) is 0 Å². The minimum absolute atomic E-state index is 0.0424. The molecule has 0 unspecified atom stereocenters. The minimum atomic E-state index is -0.0424. The molecule has 2 aromatic rings. The number of fused-ring (bicyclic) bond motifs is 1. The number of nitrogens with one attached hydrogen (secondary N) is 1. The lowest BCUT2D eigenvalue weighted by Crippen LogP contribution is -2.34. The van der Waals surface area contributed by atoms with E-state index in [1.807, 2.05) is 6.07 Å². The van der Waals surface area contributed by atoms with Crippen molar-refractivity contribution in [2.24, 2.45) is 5.41 Å². The van der Waals surface area contributed by atoms with Gasteiger partial charge in [-0.2, -0.15) is 0 Å². The number of rotatable bonds is 3. The Morgan fingerprint density at radius 1 is 1.25 bits per heavy atom. The lowest BCUT2D eigenvalue weighted by molar-refractivity contribution is 0.0933. The second kappa shape index (κ2) is 6.91. The van der Waals surface area contributed by atoms with Gasteiger partial charge in [0.1, 0.15) is 0 Å². The zero-order chi connectivity index (χ0) is 17.2. The molecule has 0 bridgehead atoms. The number of amides is 1. The summed E-state index contributed by atoms with van der Waals surface area (Å²) in [7, 11) is 0. The molecular weight excluding hydrogens is 302 g/mol. The van der Waals surface area contributed by atoms with Crippen molar-refractivity contribution < 1.29 is 9.32 Å². The Labute approximate surface area is 143 Å². The van der Waals surface area contributed by atoms with Crippen molar-refractivity contribution in [2.75, 3.05) is 0 Å². The standard InChI is InChI=1S/C19H27N3O2/c1-19(2,3)11-16-15-10-13(12-20-18(15)24-22-16)17(23)21-14-8-6-4-5-7-9-14/h10,12,14H,4-9,11H2,1-3H3,(H,21,23). The fourth-order valence-corrected chi connectivity index (χ4v) is 3.33. The summed E-state index contributed by atoms with van der Waals surface area (Å²) in [5, 5.41) is 8.16. The van der Waals surface area contributed by atoms with Crippen LogP contribution in [0.3, 0.4) is 0 Å². The SMILES string of the molecule is CC(C)(C)Cc1noc2ncc(C(=O)NC3CCCCCC3)cc12. The quantitative estimate of drug-likeness (QED) is 0.854. The molecule has 0 aromatic carbocycles. The topological polar surface area (TPSA) is 68.0 Å². The third-order valence-electron chi connectivity index (χ3n) is 4.55. The van der Waals surface area contributed by atoms with Gasteiger partial charge in [0.25, 0.3) is 11.6 Å². The Bertz CT molecular complexity index is 707. The number of nitrogens with zero attached hydrogens (tertiary/aromatic N) is 2. The summed E-state index contributed by atoms with van der Waals surface area (Å²) in [6.07, 6.45) is 9.46. The van der Waals surface area contributed by atoms with Crippen LogP contribution in [0.4, 0.5) is 0 Å². The molecule has 0 aliphatic heterocycles. The molecule has 0 spiro atoms. The Balaban J connectivity index is 1.78. The largest absolute Gasteiger partial charge is 0.349 e. The number of aromatic nitrogens is 2. The van der Waals surface area contributed by atoms with Crippen molar-refractivity contribution in [2.45, 2.75) is 71.8 Å². The Morgan fingerprint density at radius 2 is 1.96 bits per heavy atom. The van der Waals surface area contributed by atoms with Gasteiger partial charge in [0.05, 0.1) is 16.6 Å². The second-order valence-electron chi connectivity index (χ2n) is 8.11. The van der Waals surface area contributed by atoms with Gasteiger partial charge in [-0.05, 0) is 30.7 Å². The second-order valence-corrected chi connectivity index (χ2v) is 8.11. The van der Waals surface area contributed by atoms with Crippen LogP contribution in [0, 0.1) is 5.41 Å². The molecule has 1 aliphatic carbocycles. The molecule has 0 saturated heterocycles. The molecule has 5 nitrogen and oxygen atoms in total. The number of pyridine rings is 1. The van der Waals surface area contributed by atoms with Gasteiger partial charge < -0.3 is 9.84 Å². The van der Waals surface area contributed by atoms with E-state index in [0.717, 1.165) is 30.3 Å². The first kappa shape index (κ1) is 16.9. The maximum absolute atomic E-state index is 12.6. The highest BCUT2D eigenvalue weighted by atomic mass is 16.5. The number of carbonyl (C=O) groups excluding carboxylic acids is 1. The summed E-state index contributed by atoms with van der Waals surface area (Å²) in [4.78, 5) is 16.9. The molecule has 1 amide bonds. The molecule has 3 rings (SSSR count). The van der Waals surface area contributed by atoms with Crippen molar-refractivity contribution in [3.8, 4) is 0 Å². The molecule has 130 valence electrons. The van der Waals surface area contributed by atoms with Crippen LogP contribution in [0.1, 0.15) is 75.3 Å². The van der Waals surface area contributed by atoms with E-state index < -0.39 is 0 Å². The van der Waals surface area contributed by atoms with E-state index in [1.54, 1.807) is 6.20 Å². The Kier molecular flexibility index (Phi) is 4.88. The lowest BCUT2D eigenvalue weighted by Gasteiger charge is -2.16. The minimum Gasteiger partial charge on any atom is -0.349 e. The van der Waals surface area contributed by atoms with Gasteiger partial charge in [-0.25, -0.2) is 4.98 Å². The summed E-state index contributed by atoms with van der Waals surface area (Å²) in [6, 6.07) is 2.15. The molecule has 1 N–H and O–H groups in total. The molecule has 2 heterocycles. The molecule has 1 saturated carbocycles. The molecule has 5 heteroatoms. The first-order valence-electron chi connectivity index (χ1n) is 8.97. The maximum Gasteiger partial charge on any atom is 0.257 e. The number of hydrogen-bond donors (Lipinski definition) is 1. The van der Waals surface area contributed by atoms with Crippen LogP contribution in [-0.2, 0) is 6.42 Å². The molecule has 1 fully saturated rings. The van der Waals surface area contributed by atoms with Crippen molar-refractivity contribution >= 4 is 17.0 Å². The van der Waals surface area contributed by atoms with Gasteiger partial charge in [0.15, 0.2) is 0 Å². The predicted molar refractivity (Wildman–Crippen MR) is 93.9 cm³/mol. The van der Waals surface area contributed by atoms with E-state index >= 15 is 0 Å². The van der Waals surface area contributed by atoms with E-state index in [0.29, 0.717) is 11.3 Å². The monoisotopic (exact) mass is 329 g/mol. The van der Waals surface area contributed by atoms with Crippen molar-refractivity contribution in [3.05, 3.63) is 23.5 Å². The van der Waals surface area contributed by atoms with E-state index in [-0.39, 0.29) is 17.4 Å². The maximum atomic E-state index is 12.6. The fraction of sp³-hybridized carbons (Fsp3) is 0.632. The van der Waals surface area contributed by atoms with E-state index in [4.69, 9.17) is 4.52 Å². The predicted octanol–water partition coefficient (Wildman–Crippen LogP) is 4.26. The van der Waals surface area contributed by atoms with Gasteiger partial charge >= 0.3 is 0 Å². The van der Waals surface area contributed by atoms with Crippen LogP contribution >= 0.6 is 0 Å². The molecule has 0 atom stereocenters. The normalized spacial score (nSPS) is 17.0. The molecule has 1 aliphatic rings. The lowest BCUT2D eigenvalue weighted by atomic mass is 9.90. The Hall–Kier alpha value is -1.91. The summed E-state index contributed by atoms with van der Waals surface area (Å²) in [5.41, 5.74) is 2.06. The van der Waals surface area contributed by atoms with Crippen molar-refractivity contribution in [1.82, 2.24) is 15.5 Å². The summed E-state index contributed by atoms with van der Waals surface area (Å²) in [5.74, 6) is -0.0424. The van der Waals surface area contributed by atoms with Gasteiger partial charge in [-0.1, -0.05) is 51.6 Å². The smallest absolute Gasteiger partial charge is 0.257 e. The van der Waals surface area contributed by atoms with Crippen LogP contribution in [0.25, 0.3) is 11.1 Å². The Morgan fingerprint density at radius 3 is 2.62 bits per heavy atom. The fourth-order valence-electron chi connectivity index (χ4n) is 3.33. The number of hydrogen-bond acceptors (Lipinski definition) is 4. The van der Waals surface area contributed by atoms with Gasteiger partial charge in [0.2, 0.25) is 0 Å². The van der Waals surface area contributed by atoms with Gasteiger partial charge in [-0.3, -0.25) is 4.79 Å². The zero-order valence-electron chi connectivity index (χ0n) is 14.9. The average molecular weight is 329 g/mol. The summed E-state index contributed by atoms with van der Waals surface area (Å²) < 4.78 is 5.30. The van der Waals surface area contributed by atoms with E-state index in [1.165, 1.54) is 25.7 Å². The number of carbonyl (C=O) groups is 1. The average Bonchev–Trinajstić information content (AvgIpc) is 2.73. The summed E-state index contributed by atoms with van der Waals surface area (Å²) in [6.45, 7) is 6.47. The zero-order valence-corrected chi connectivity index (χ0v) is 14.9. The van der Waals surface area contributed by atoms with Crippen LogP contribution < -0.4 is 5.32 Å². The summed E-state index contributed by atoms with van der Waals surface area (Å²) >= 11 is 0. The van der Waals surface area contributed by atoms with Crippen LogP contribution in [0.15, 0.2) is 16.8 Å². The highest BCUT2D eigenvalue weighted by Crippen LogP contribution is 2.26. The third-order valence-corrected chi connectivity index (χ3v) is 4.55. The van der Waals surface area contributed by atoms with Crippen molar-refractivity contribution in [3.63, 3.8) is 0 Å². The van der Waals surface area contributed by atoms with Crippen LogP contribution in [0.2, 0.25) is 0 Å². The highest BCUT2D eigenvalue weighted by molar-refractivity contribution is 5.97. The van der Waals surface area contributed by atoms with Gasteiger partial charge in [0, 0.05) is 12.2 Å². The van der Waals surface area contributed by atoms with E-state index in [2.05, 4.69) is 36.2 Å². The molecule has 0 radical (unpaired) electrons.